The van der Waals surface area contributed by atoms with Crippen LogP contribution in [0.2, 0.25) is 0 Å². The average Bonchev–Trinajstić information content (AvgIpc) is 2.52. The van der Waals surface area contributed by atoms with E-state index in [2.05, 4.69) is 15.4 Å². The van der Waals surface area contributed by atoms with Crippen LogP contribution in [-0.4, -0.2) is 67.7 Å². The second-order valence-corrected chi connectivity index (χ2v) is 7.57. The summed E-state index contributed by atoms with van der Waals surface area (Å²) in [7, 11) is 4.46. The Kier molecular flexibility index (Phi) is 7.41. The standard InChI is InChI=1S/C17H29N3O6/c1-17(2,3)26-16(24)19-12-9-10(14(22)20(4)5)7-8-11(12)18-13(21)15(23)25-6/h10-12H,7-9H2,1-6H3,(H,18,21)(H,19,24)/t10-,11-,12+/m0/s1. The number of amides is 3. The predicted octanol–water partition coefficient (Wildman–Crippen LogP) is 0.426. The summed E-state index contributed by atoms with van der Waals surface area (Å²) in [6, 6.07) is -1.04. The minimum atomic E-state index is -1.01. The van der Waals surface area contributed by atoms with Gasteiger partial charge >= 0.3 is 18.0 Å². The summed E-state index contributed by atoms with van der Waals surface area (Å²) in [6.07, 6.45) is 0.670. The van der Waals surface area contributed by atoms with Crippen LogP contribution in [0.3, 0.4) is 0 Å². The van der Waals surface area contributed by atoms with Gasteiger partial charge in [-0.2, -0.15) is 0 Å². The molecule has 1 fully saturated rings. The molecule has 0 aliphatic heterocycles. The SMILES string of the molecule is COC(=O)C(=O)N[C@H]1CC[C@H](C(=O)N(C)C)C[C@H]1NC(=O)OC(C)(C)C. The number of alkyl carbamates (subject to hydrolysis) is 1. The molecule has 0 aromatic carbocycles. The molecule has 3 atom stereocenters. The average molecular weight is 371 g/mol. The maximum atomic E-state index is 12.3. The van der Waals surface area contributed by atoms with Crippen LogP contribution in [0.1, 0.15) is 40.0 Å². The molecule has 0 saturated heterocycles. The molecular weight excluding hydrogens is 342 g/mol. The molecule has 0 bridgehead atoms. The van der Waals surface area contributed by atoms with Gasteiger partial charge in [-0.15, -0.1) is 0 Å². The van der Waals surface area contributed by atoms with Crippen molar-refractivity contribution in [2.45, 2.75) is 57.7 Å². The van der Waals surface area contributed by atoms with Gasteiger partial charge in [-0.1, -0.05) is 0 Å². The molecule has 0 heterocycles. The zero-order valence-corrected chi connectivity index (χ0v) is 16.3. The Hall–Kier alpha value is -2.32. The second kappa shape index (κ2) is 8.86. The van der Waals surface area contributed by atoms with E-state index in [4.69, 9.17) is 4.74 Å². The lowest BCUT2D eigenvalue weighted by atomic mass is 9.81. The largest absolute Gasteiger partial charge is 0.462 e. The highest BCUT2D eigenvalue weighted by Gasteiger charge is 2.37. The van der Waals surface area contributed by atoms with Gasteiger partial charge in [0.1, 0.15) is 5.60 Å². The quantitative estimate of drug-likeness (QED) is 0.549. The molecule has 1 rings (SSSR count). The third-order valence-corrected chi connectivity index (χ3v) is 4.03. The number of esters is 1. The Balaban J connectivity index is 2.87. The highest BCUT2D eigenvalue weighted by molar-refractivity contribution is 6.32. The lowest BCUT2D eigenvalue weighted by Gasteiger charge is -2.37. The molecule has 9 nitrogen and oxygen atoms in total. The maximum absolute atomic E-state index is 12.3. The van der Waals surface area contributed by atoms with Crippen LogP contribution < -0.4 is 10.6 Å². The van der Waals surface area contributed by atoms with E-state index >= 15 is 0 Å². The van der Waals surface area contributed by atoms with Crippen molar-refractivity contribution in [2.24, 2.45) is 5.92 Å². The Labute approximate surface area is 153 Å². The fourth-order valence-electron chi connectivity index (χ4n) is 2.87. The lowest BCUT2D eigenvalue weighted by Crippen LogP contribution is -2.57. The smallest absolute Gasteiger partial charge is 0.407 e. The first-order valence-electron chi connectivity index (χ1n) is 8.54. The highest BCUT2D eigenvalue weighted by atomic mass is 16.6. The van der Waals surface area contributed by atoms with Gasteiger partial charge < -0.3 is 25.0 Å². The Bertz CT molecular complexity index is 555. The van der Waals surface area contributed by atoms with Crippen LogP contribution in [0.15, 0.2) is 0 Å². The normalized spacial score (nSPS) is 22.8. The summed E-state index contributed by atoms with van der Waals surface area (Å²) in [6.45, 7) is 5.22. The molecule has 1 aliphatic rings. The van der Waals surface area contributed by atoms with Crippen molar-refractivity contribution in [3.8, 4) is 0 Å². The summed E-state index contributed by atoms with van der Waals surface area (Å²) >= 11 is 0. The maximum Gasteiger partial charge on any atom is 0.407 e. The molecule has 9 heteroatoms. The number of hydrogen-bond acceptors (Lipinski definition) is 6. The monoisotopic (exact) mass is 371 g/mol. The van der Waals surface area contributed by atoms with Gasteiger partial charge in [0.05, 0.1) is 13.2 Å². The molecule has 0 aromatic heterocycles. The minimum absolute atomic E-state index is 0.0428. The van der Waals surface area contributed by atoms with Crippen molar-refractivity contribution in [1.29, 1.82) is 0 Å². The number of rotatable bonds is 3. The van der Waals surface area contributed by atoms with Crippen LogP contribution in [0.5, 0.6) is 0 Å². The minimum Gasteiger partial charge on any atom is -0.462 e. The van der Waals surface area contributed by atoms with Crippen molar-refractivity contribution in [3.05, 3.63) is 0 Å². The zero-order chi connectivity index (χ0) is 20.1. The van der Waals surface area contributed by atoms with Crippen molar-refractivity contribution in [1.82, 2.24) is 15.5 Å². The second-order valence-electron chi connectivity index (χ2n) is 7.57. The number of ether oxygens (including phenoxy) is 2. The van der Waals surface area contributed by atoms with E-state index in [9.17, 15) is 19.2 Å². The van der Waals surface area contributed by atoms with Gasteiger partial charge in [0, 0.05) is 26.1 Å². The summed E-state index contributed by atoms with van der Waals surface area (Å²) in [5, 5.41) is 5.28. The van der Waals surface area contributed by atoms with Gasteiger partial charge in [0.25, 0.3) is 0 Å². The van der Waals surface area contributed by atoms with E-state index in [0.29, 0.717) is 19.3 Å². The highest BCUT2D eigenvalue weighted by Crippen LogP contribution is 2.26. The van der Waals surface area contributed by atoms with E-state index in [0.717, 1.165) is 7.11 Å². The van der Waals surface area contributed by atoms with Crippen LogP contribution >= 0.6 is 0 Å². The molecular formula is C17H29N3O6. The Morgan fingerprint density at radius 1 is 1.00 bits per heavy atom. The fraction of sp³-hybridized carbons (Fsp3) is 0.765. The molecule has 148 valence electrons. The first-order valence-corrected chi connectivity index (χ1v) is 8.54. The number of hydrogen-bond donors (Lipinski definition) is 2. The van der Waals surface area contributed by atoms with E-state index in [1.54, 1.807) is 34.9 Å². The molecule has 2 N–H and O–H groups in total. The Morgan fingerprint density at radius 3 is 2.12 bits per heavy atom. The summed E-state index contributed by atoms with van der Waals surface area (Å²) in [4.78, 5) is 49.1. The fourth-order valence-corrected chi connectivity index (χ4v) is 2.87. The van der Waals surface area contributed by atoms with Crippen LogP contribution in [-0.2, 0) is 23.9 Å². The first kappa shape index (κ1) is 21.7. The summed E-state index contributed by atoms with van der Waals surface area (Å²) in [5.74, 6) is -2.21. The van der Waals surface area contributed by atoms with Crippen molar-refractivity contribution < 1.29 is 28.7 Å². The number of nitrogens with zero attached hydrogens (tertiary/aromatic N) is 1. The molecule has 26 heavy (non-hydrogen) atoms. The van der Waals surface area contributed by atoms with Gasteiger partial charge in [0.2, 0.25) is 5.91 Å². The van der Waals surface area contributed by atoms with Crippen molar-refractivity contribution in [2.75, 3.05) is 21.2 Å². The van der Waals surface area contributed by atoms with E-state index in [1.165, 1.54) is 4.90 Å². The molecule has 3 amide bonds. The summed E-state index contributed by atoms with van der Waals surface area (Å²) in [5.41, 5.74) is -0.678. The number of carbonyl (C=O) groups excluding carboxylic acids is 4. The molecule has 1 aliphatic carbocycles. The van der Waals surface area contributed by atoms with Crippen molar-refractivity contribution in [3.63, 3.8) is 0 Å². The van der Waals surface area contributed by atoms with E-state index in [-0.39, 0.29) is 11.8 Å². The topological polar surface area (TPSA) is 114 Å². The number of methoxy groups -OCH3 is 1. The molecule has 0 aromatic rings. The van der Waals surface area contributed by atoms with Gasteiger partial charge in [-0.05, 0) is 40.0 Å². The van der Waals surface area contributed by atoms with Gasteiger partial charge in [0.15, 0.2) is 0 Å². The van der Waals surface area contributed by atoms with Crippen molar-refractivity contribution >= 4 is 23.9 Å². The molecule has 1 saturated carbocycles. The number of nitrogens with one attached hydrogen (secondary N) is 2. The van der Waals surface area contributed by atoms with Crippen LogP contribution in [0.25, 0.3) is 0 Å². The third-order valence-electron chi connectivity index (χ3n) is 4.03. The van der Waals surface area contributed by atoms with Crippen LogP contribution in [0, 0.1) is 5.92 Å². The molecule has 0 radical (unpaired) electrons. The predicted molar refractivity (Wildman–Crippen MR) is 93.1 cm³/mol. The van der Waals surface area contributed by atoms with E-state index < -0.39 is 35.7 Å². The first-order chi connectivity index (χ1) is 11.9. The zero-order valence-electron chi connectivity index (χ0n) is 16.3. The summed E-state index contributed by atoms with van der Waals surface area (Å²) < 4.78 is 9.66. The lowest BCUT2D eigenvalue weighted by molar-refractivity contribution is -0.153. The van der Waals surface area contributed by atoms with E-state index in [1.807, 2.05) is 0 Å². The van der Waals surface area contributed by atoms with Gasteiger partial charge in [-0.25, -0.2) is 9.59 Å². The number of carbonyl (C=O) groups is 4. The van der Waals surface area contributed by atoms with Gasteiger partial charge in [-0.3, -0.25) is 9.59 Å². The molecule has 0 unspecified atom stereocenters. The third kappa shape index (κ3) is 6.53. The Morgan fingerprint density at radius 2 is 1.62 bits per heavy atom. The molecule has 0 spiro atoms. The van der Waals surface area contributed by atoms with Crippen LogP contribution in [0.4, 0.5) is 4.79 Å².